The molecule has 2 saturated heterocycles. The molecule has 0 aromatic heterocycles. The molecule has 106 valence electrons. The third-order valence-corrected chi connectivity index (χ3v) is 6.61. The third kappa shape index (κ3) is 2.66. The first-order valence-electron chi connectivity index (χ1n) is 6.44. The minimum Gasteiger partial charge on any atom is -0.349 e. The average molecular weight is 302 g/mol. The van der Waals surface area contributed by atoms with Crippen molar-refractivity contribution in [3.05, 3.63) is 21.6 Å². The van der Waals surface area contributed by atoms with Gasteiger partial charge in [0.1, 0.15) is 0 Å². The predicted octanol–water partition coefficient (Wildman–Crippen LogP) is 0.759. The van der Waals surface area contributed by atoms with Crippen LogP contribution in [-0.4, -0.2) is 75.6 Å². The standard InChI is InChI=1S/C11H18N4O2S2/c1-12-6-9(15(16)17)11-13(2-3-14(11)8-12)7-10-18-4-5-19-10/h10H,2-8H2,1H3. The van der Waals surface area contributed by atoms with E-state index in [0.717, 1.165) is 32.1 Å². The Hall–Kier alpha value is -0.600. The second-order valence-corrected chi connectivity index (χ2v) is 7.98. The summed E-state index contributed by atoms with van der Waals surface area (Å²) in [6, 6.07) is 0. The Morgan fingerprint density at radius 1 is 1.37 bits per heavy atom. The number of fused-ring (bicyclic) bond motifs is 1. The van der Waals surface area contributed by atoms with Crippen LogP contribution in [0.2, 0.25) is 0 Å². The van der Waals surface area contributed by atoms with Crippen molar-refractivity contribution in [3.8, 4) is 0 Å². The topological polar surface area (TPSA) is 52.9 Å². The normalized spacial score (nSPS) is 25.3. The molecule has 19 heavy (non-hydrogen) atoms. The van der Waals surface area contributed by atoms with Gasteiger partial charge in [0.25, 0.3) is 5.70 Å². The molecule has 0 N–H and O–H groups in total. The van der Waals surface area contributed by atoms with Crippen LogP contribution in [0.5, 0.6) is 0 Å². The zero-order chi connectivity index (χ0) is 13.4. The maximum atomic E-state index is 11.3. The zero-order valence-corrected chi connectivity index (χ0v) is 12.6. The molecule has 0 amide bonds. The van der Waals surface area contributed by atoms with E-state index in [9.17, 15) is 10.1 Å². The van der Waals surface area contributed by atoms with Gasteiger partial charge in [-0.25, -0.2) is 0 Å². The van der Waals surface area contributed by atoms with Crippen LogP contribution in [0.25, 0.3) is 0 Å². The first kappa shape index (κ1) is 13.4. The van der Waals surface area contributed by atoms with Gasteiger partial charge >= 0.3 is 0 Å². The molecule has 3 rings (SSSR count). The summed E-state index contributed by atoms with van der Waals surface area (Å²) in [4.78, 5) is 17.5. The minimum atomic E-state index is -0.203. The number of hydrogen-bond donors (Lipinski definition) is 0. The van der Waals surface area contributed by atoms with Crippen molar-refractivity contribution in [2.75, 3.05) is 51.4 Å². The van der Waals surface area contributed by atoms with E-state index in [-0.39, 0.29) is 4.92 Å². The molecule has 2 fully saturated rings. The molecule has 0 aliphatic carbocycles. The van der Waals surface area contributed by atoms with E-state index >= 15 is 0 Å². The van der Waals surface area contributed by atoms with Crippen molar-refractivity contribution in [2.24, 2.45) is 0 Å². The van der Waals surface area contributed by atoms with Crippen LogP contribution in [0.1, 0.15) is 0 Å². The minimum absolute atomic E-state index is 0.203. The van der Waals surface area contributed by atoms with Crippen LogP contribution in [0, 0.1) is 10.1 Å². The van der Waals surface area contributed by atoms with Gasteiger partial charge in [-0.05, 0) is 7.05 Å². The summed E-state index contributed by atoms with van der Waals surface area (Å²) in [5.74, 6) is 3.28. The van der Waals surface area contributed by atoms with Crippen LogP contribution >= 0.6 is 23.5 Å². The molecule has 0 spiro atoms. The molecule has 0 radical (unpaired) electrons. The Morgan fingerprint density at radius 2 is 2.11 bits per heavy atom. The van der Waals surface area contributed by atoms with Gasteiger partial charge in [-0.15, -0.1) is 23.5 Å². The van der Waals surface area contributed by atoms with Crippen molar-refractivity contribution in [1.29, 1.82) is 0 Å². The smallest absolute Gasteiger partial charge is 0.300 e. The van der Waals surface area contributed by atoms with Crippen molar-refractivity contribution in [1.82, 2.24) is 14.7 Å². The third-order valence-electron chi connectivity index (χ3n) is 3.61. The van der Waals surface area contributed by atoms with Gasteiger partial charge in [0.2, 0.25) is 0 Å². The highest BCUT2D eigenvalue weighted by atomic mass is 32.2. The number of nitro groups is 1. The number of thioether (sulfide) groups is 2. The highest BCUT2D eigenvalue weighted by Crippen LogP contribution is 2.35. The zero-order valence-electron chi connectivity index (χ0n) is 10.9. The van der Waals surface area contributed by atoms with Gasteiger partial charge in [-0.2, -0.15) is 0 Å². The summed E-state index contributed by atoms with van der Waals surface area (Å²) in [6.45, 7) is 3.99. The Labute approximate surface area is 121 Å². The highest BCUT2D eigenvalue weighted by Gasteiger charge is 2.39. The molecule has 0 saturated carbocycles. The van der Waals surface area contributed by atoms with Crippen LogP contribution in [0.15, 0.2) is 11.5 Å². The van der Waals surface area contributed by atoms with E-state index in [0.29, 0.717) is 16.8 Å². The first-order chi connectivity index (χ1) is 9.15. The molecule has 0 aromatic rings. The maximum Gasteiger partial charge on any atom is 0.300 e. The summed E-state index contributed by atoms with van der Waals surface area (Å²) in [6.07, 6.45) is 0. The molecule has 3 aliphatic heterocycles. The fraction of sp³-hybridized carbons (Fsp3) is 0.818. The number of rotatable bonds is 3. The second-order valence-electron chi connectivity index (χ2n) is 5.06. The summed E-state index contributed by atoms with van der Waals surface area (Å²) < 4.78 is 0.570. The summed E-state index contributed by atoms with van der Waals surface area (Å²) in [5.41, 5.74) is 0.360. The van der Waals surface area contributed by atoms with Crippen molar-refractivity contribution >= 4 is 23.5 Å². The first-order valence-corrected chi connectivity index (χ1v) is 8.54. The van der Waals surface area contributed by atoms with Gasteiger partial charge in [0.15, 0.2) is 5.82 Å². The van der Waals surface area contributed by atoms with Crippen LogP contribution in [-0.2, 0) is 0 Å². The average Bonchev–Trinajstić information content (AvgIpc) is 2.99. The molecular weight excluding hydrogens is 284 g/mol. The fourth-order valence-corrected chi connectivity index (χ4v) is 5.66. The predicted molar refractivity (Wildman–Crippen MR) is 78.5 cm³/mol. The van der Waals surface area contributed by atoms with Gasteiger partial charge in [0.05, 0.1) is 22.7 Å². The van der Waals surface area contributed by atoms with E-state index in [2.05, 4.69) is 9.80 Å². The van der Waals surface area contributed by atoms with Crippen LogP contribution < -0.4 is 0 Å². The Bertz CT molecular complexity index is 411. The Morgan fingerprint density at radius 3 is 2.79 bits per heavy atom. The fourth-order valence-electron chi connectivity index (χ4n) is 2.83. The lowest BCUT2D eigenvalue weighted by Gasteiger charge is -2.33. The maximum absolute atomic E-state index is 11.3. The second kappa shape index (κ2) is 5.41. The largest absolute Gasteiger partial charge is 0.349 e. The SMILES string of the molecule is CN1CC([N+](=O)[O-])=C2N(CC3SCCS3)CCN2C1. The number of nitrogens with zero attached hydrogens (tertiary/aromatic N) is 4. The van der Waals surface area contributed by atoms with Crippen molar-refractivity contribution in [2.45, 2.75) is 4.58 Å². The van der Waals surface area contributed by atoms with E-state index < -0.39 is 0 Å². The number of likely N-dealkylation sites (N-methyl/N-ethyl adjacent to an activating group) is 1. The molecule has 8 heteroatoms. The van der Waals surface area contributed by atoms with E-state index in [1.807, 2.05) is 35.5 Å². The van der Waals surface area contributed by atoms with E-state index in [1.54, 1.807) is 0 Å². The van der Waals surface area contributed by atoms with Gasteiger partial charge < -0.3 is 9.80 Å². The molecule has 0 unspecified atom stereocenters. The van der Waals surface area contributed by atoms with Crippen LogP contribution in [0.3, 0.4) is 0 Å². The van der Waals surface area contributed by atoms with Gasteiger partial charge in [-0.3, -0.25) is 15.0 Å². The van der Waals surface area contributed by atoms with Gasteiger partial charge in [0, 0.05) is 31.1 Å². The molecule has 0 aromatic carbocycles. The van der Waals surface area contributed by atoms with Gasteiger partial charge in [-0.1, -0.05) is 0 Å². The molecule has 3 heterocycles. The monoisotopic (exact) mass is 302 g/mol. The molecular formula is C11H18N4O2S2. The number of hydrogen-bond acceptors (Lipinski definition) is 7. The van der Waals surface area contributed by atoms with Crippen molar-refractivity contribution < 1.29 is 4.92 Å². The quantitative estimate of drug-likeness (QED) is 0.563. The molecule has 0 atom stereocenters. The summed E-state index contributed by atoms with van der Waals surface area (Å²) >= 11 is 3.96. The lowest BCUT2D eigenvalue weighted by Crippen LogP contribution is -2.43. The highest BCUT2D eigenvalue weighted by molar-refractivity contribution is 8.20. The van der Waals surface area contributed by atoms with E-state index in [1.165, 1.54) is 11.5 Å². The summed E-state index contributed by atoms with van der Waals surface area (Å²) in [5, 5.41) is 11.3. The van der Waals surface area contributed by atoms with Crippen molar-refractivity contribution in [3.63, 3.8) is 0 Å². The lowest BCUT2D eigenvalue weighted by molar-refractivity contribution is -0.433. The Balaban J connectivity index is 1.81. The lowest BCUT2D eigenvalue weighted by atomic mass is 10.3. The Kier molecular flexibility index (Phi) is 3.81. The summed E-state index contributed by atoms with van der Waals surface area (Å²) in [7, 11) is 1.94. The molecule has 6 nitrogen and oxygen atoms in total. The van der Waals surface area contributed by atoms with Crippen LogP contribution in [0.4, 0.5) is 0 Å². The molecule has 3 aliphatic rings. The van der Waals surface area contributed by atoms with E-state index in [4.69, 9.17) is 0 Å². The molecule has 0 bridgehead atoms.